The third-order valence-electron chi connectivity index (χ3n) is 1.96. The minimum atomic E-state index is -0.0311. The molecule has 0 spiro atoms. The van der Waals surface area contributed by atoms with Gasteiger partial charge in [0.05, 0.1) is 17.3 Å². The Morgan fingerprint density at radius 1 is 1.28 bits per heavy atom. The highest BCUT2D eigenvalue weighted by Crippen LogP contribution is 2.27. The molecule has 0 unspecified atom stereocenters. The molecule has 0 fully saturated rings. The van der Waals surface area contributed by atoms with E-state index in [1.54, 1.807) is 17.5 Å². The van der Waals surface area contributed by atoms with E-state index in [2.05, 4.69) is 15.0 Å². The molecule has 18 heavy (non-hydrogen) atoms. The number of nitrogens with two attached hydrogens (primary N) is 2. The summed E-state index contributed by atoms with van der Waals surface area (Å²) in [6.45, 7) is 0. The Labute approximate surface area is 117 Å². The fourth-order valence-electron chi connectivity index (χ4n) is 1.29. The Morgan fingerprint density at radius 2 is 2.06 bits per heavy atom. The van der Waals surface area contributed by atoms with Crippen LogP contribution in [0.4, 0.5) is 5.13 Å². The predicted octanol–water partition coefficient (Wildman–Crippen LogP) is 2.50. The Hall–Kier alpha value is -1.37. The van der Waals surface area contributed by atoms with Gasteiger partial charge in [0.1, 0.15) is 5.69 Å². The fraction of sp³-hybridized carbons (Fsp3) is 0.100. The van der Waals surface area contributed by atoms with Gasteiger partial charge in [-0.25, -0.2) is 9.97 Å². The molecule has 0 aliphatic carbocycles. The third kappa shape index (κ3) is 3.10. The van der Waals surface area contributed by atoms with Gasteiger partial charge in [0.2, 0.25) is 5.13 Å². The van der Waals surface area contributed by atoms with E-state index in [0.29, 0.717) is 33.1 Å². The molecule has 2 heterocycles. The van der Waals surface area contributed by atoms with Crippen molar-refractivity contribution in [2.24, 2.45) is 16.5 Å². The van der Waals surface area contributed by atoms with Crippen molar-refractivity contribution in [1.82, 2.24) is 9.97 Å². The summed E-state index contributed by atoms with van der Waals surface area (Å²) >= 11 is 13.0. The molecule has 0 aliphatic rings. The van der Waals surface area contributed by atoms with Crippen molar-refractivity contribution in [3.8, 4) is 11.4 Å². The van der Waals surface area contributed by atoms with E-state index in [-0.39, 0.29) is 5.96 Å². The first kappa shape index (κ1) is 13.1. The number of alkyl halides is 1. The number of guanidine groups is 1. The molecule has 0 amide bonds. The van der Waals surface area contributed by atoms with Crippen LogP contribution in [0.2, 0.25) is 5.02 Å². The second-order valence-corrected chi connectivity index (χ2v) is 4.89. The van der Waals surface area contributed by atoms with Crippen molar-refractivity contribution in [1.29, 1.82) is 0 Å². The molecule has 2 aromatic rings. The van der Waals surface area contributed by atoms with Crippen molar-refractivity contribution in [2.75, 3.05) is 0 Å². The van der Waals surface area contributed by atoms with Crippen LogP contribution in [0.1, 0.15) is 5.69 Å². The zero-order chi connectivity index (χ0) is 13.1. The molecule has 0 saturated carbocycles. The van der Waals surface area contributed by atoms with Crippen LogP contribution in [0, 0.1) is 0 Å². The van der Waals surface area contributed by atoms with Crippen LogP contribution in [-0.2, 0) is 5.88 Å². The van der Waals surface area contributed by atoms with E-state index in [4.69, 9.17) is 34.7 Å². The van der Waals surface area contributed by atoms with Crippen LogP contribution in [0.15, 0.2) is 22.5 Å². The maximum absolute atomic E-state index is 5.98. The molecule has 2 aromatic heterocycles. The van der Waals surface area contributed by atoms with E-state index < -0.39 is 0 Å². The standard InChI is InChI=1S/C10H9Cl2N5S/c11-3-6-1-5(12)2-7(15-6)8-4-18-10(16-8)17-9(13)14/h1-2,4H,3H2,(H4,13,14,16,17). The van der Waals surface area contributed by atoms with Gasteiger partial charge >= 0.3 is 0 Å². The summed E-state index contributed by atoms with van der Waals surface area (Å²) < 4.78 is 0. The van der Waals surface area contributed by atoms with Crippen molar-refractivity contribution < 1.29 is 0 Å². The van der Waals surface area contributed by atoms with Crippen molar-refractivity contribution >= 4 is 45.6 Å². The number of hydrogen-bond donors (Lipinski definition) is 2. The molecule has 94 valence electrons. The van der Waals surface area contributed by atoms with Gasteiger partial charge in [0.15, 0.2) is 5.96 Å². The van der Waals surface area contributed by atoms with Crippen LogP contribution in [0.3, 0.4) is 0 Å². The molecule has 0 saturated heterocycles. The summed E-state index contributed by atoms with van der Waals surface area (Å²) in [5.41, 5.74) is 12.6. The van der Waals surface area contributed by atoms with Gasteiger partial charge in [-0.1, -0.05) is 11.6 Å². The number of nitrogens with zero attached hydrogens (tertiary/aromatic N) is 3. The average Bonchev–Trinajstić information content (AvgIpc) is 2.75. The quantitative estimate of drug-likeness (QED) is 0.518. The summed E-state index contributed by atoms with van der Waals surface area (Å²) in [7, 11) is 0. The van der Waals surface area contributed by atoms with Gasteiger partial charge in [-0.15, -0.1) is 22.9 Å². The zero-order valence-electron chi connectivity index (χ0n) is 9.10. The Kier molecular flexibility index (Phi) is 4.00. The van der Waals surface area contributed by atoms with Crippen molar-refractivity contribution in [2.45, 2.75) is 5.88 Å². The largest absolute Gasteiger partial charge is 0.370 e. The fourth-order valence-corrected chi connectivity index (χ4v) is 2.36. The number of halogens is 2. The van der Waals surface area contributed by atoms with Gasteiger partial charge in [-0.3, -0.25) is 0 Å². The van der Waals surface area contributed by atoms with Crippen LogP contribution in [0.25, 0.3) is 11.4 Å². The molecule has 0 radical (unpaired) electrons. The van der Waals surface area contributed by atoms with Crippen molar-refractivity contribution in [3.63, 3.8) is 0 Å². The Balaban J connectivity index is 2.39. The SMILES string of the molecule is NC(N)=Nc1nc(-c2cc(Cl)cc(CCl)n2)cs1. The molecule has 0 atom stereocenters. The topological polar surface area (TPSA) is 90.2 Å². The first-order valence-electron chi connectivity index (χ1n) is 4.86. The second kappa shape index (κ2) is 5.51. The molecule has 0 aromatic carbocycles. The normalized spacial score (nSPS) is 10.3. The second-order valence-electron chi connectivity index (χ2n) is 3.35. The summed E-state index contributed by atoms with van der Waals surface area (Å²) in [5, 5.41) is 2.84. The lowest BCUT2D eigenvalue weighted by Crippen LogP contribution is -2.21. The zero-order valence-corrected chi connectivity index (χ0v) is 11.4. The Bertz CT molecular complexity index is 592. The smallest absolute Gasteiger partial charge is 0.212 e. The highest BCUT2D eigenvalue weighted by molar-refractivity contribution is 7.13. The summed E-state index contributed by atoms with van der Waals surface area (Å²) in [6, 6.07) is 3.42. The molecular weight excluding hydrogens is 293 g/mol. The monoisotopic (exact) mass is 301 g/mol. The predicted molar refractivity (Wildman–Crippen MR) is 75.4 cm³/mol. The van der Waals surface area contributed by atoms with E-state index >= 15 is 0 Å². The van der Waals surface area contributed by atoms with E-state index in [1.807, 2.05) is 0 Å². The molecule has 0 aliphatic heterocycles. The lowest BCUT2D eigenvalue weighted by Gasteiger charge is -2.00. The average molecular weight is 302 g/mol. The number of thiazole rings is 1. The van der Waals surface area contributed by atoms with E-state index in [9.17, 15) is 0 Å². The molecule has 4 N–H and O–H groups in total. The van der Waals surface area contributed by atoms with Gasteiger partial charge in [0.25, 0.3) is 0 Å². The van der Waals surface area contributed by atoms with E-state index in [1.165, 1.54) is 11.3 Å². The lowest BCUT2D eigenvalue weighted by atomic mass is 10.2. The molecule has 5 nitrogen and oxygen atoms in total. The summed E-state index contributed by atoms with van der Waals surface area (Å²) in [6.07, 6.45) is 0. The van der Waals surface area contributed by atoms with Gasteiger partial charge in [0, 0.05) is 10.4 Å². The first-order chi connectivity index (χ1) is 8.58. The van der Waals surface area contributed by atoms with Gasteiger partial charge in [-0.05, 0) is 12.1 Å². The van der Waals surface area contributed by atoms with Gasteiger partial charge < -0.3 is 11.5 Å². The first-order valence-corrected chi connectivity index (χ1v) is 6.65. The summed E-state index contributed by atoms with van der Waals surface area (Å²) in [4.78, 5) is 12.4. The molecular formula is C10H9Cl2N5S. The molecule has 8 heteroatoms. The van der Waals surface area contributed by atoms with Crippen LogP contribution in [-0.4, -0.2) is 15.9 Å². The van der Waals surface area contributed by atoms with Gasteiger partial charge in [-0.2, -0.15) is 4.99 Å². The van der Waals surface area contributed by atoms with Crippen molar-refractivity contribution in [3.05, 3.63) is 28.2 Å². The highest BCUT2D eigenvalue weighted by Gasteiger charge is 2.08. The maximum Gasteiger partial charge on any atom is 0.212 e. The highest BCUT2D eigenvalue weighted by atomic mass is 35.5. The molecule has 0 bridgehead atoms. The minimum absolute atomic E-state index is 0.0311. The van der Waals surface area contributed by atoms with E-state index in [0.717, 1.165) is 0 Å². The molecule has 2 rings (SSSR count). The number of rotatable bonds is 3. The number of pyridine rings is 1. The third-order valence-corrected chi connectivity index (χ3v) is 3.19. The minimum Gasteiger partial charge on any atom is -0.370 e. The van der Waals surface area contributed by atoms with Crippen LogP contribution in [0.5, 0.6) is 0 Å². The maximum atomic E-state index is 5.98. The number of aliphatic imine (C=N–C) groups is 1. The Morgan fingerprint density at radius 3 is 2.72 bits per heavy atom. The van der Waals surface area contributed by atoms with Crippen LogP contribution >= 0.6 is 34.5 Å². The summed E-state index contributed by atoms with van der Waals surface area (Å²) in [5.74, 6) is 0.259. The number of aromatic nitrogens is 2. The van der Waals surface area contributed by atoms with Crippen LogP contribution < -0.4 is 11.5 Å². The lowest BCUT2D eigenvalue weighted by molar-refractivity contribution is 1.16. The number of hydrogen-bond acceptors (Lipinski definition) is 4.